The van der Waals surface area contributed by atoms with E-state index in [1.54, 1.807) is 0 Å². The molecule has 108 valence electrons. The zero-order valence-corrected chi connectivity index (χ0v) is 12.1. The molecule has 1 aliphatic heterocycles. The van der Waals surface area contributed by atoms with Gasteiger partial charge in [-0.3, -0.25) is 4.99 Å². The van der Waals surface area contributed by atoms with Crippen LogP contribution in [0.4, 0.5) is 0 Å². The van der Waals surface area contributed by atoms with Crippen molar-refractivity contribution in [2.75, 3.05) is 6.61 Å². The summed E-state index contributed by atoms with van der Waals surface area (Å²) in [5, 5.41) is 10.3. The number of aliphatic imine (C=N–C) groups is 1. The molecule has 0 radical (unpaired) electrons. The first kappa shape index (κ1) is 13.8. The second-order valence-electron chi connectivity index (χ2n) is 5.23. The zero-order valence-electron chi connectivity index (χ0n) is 12.1. The highest BCUT2D eigenvalue weighted by atomic mass is 16.5. The number of nitrogens with zero attached hydrogens (tertiary/aromatic N) is 1. The van der Waals surface area contributed by atoms with Crippen LogP contribution >= 0.6 is 0 Å². The van der Waals surface area contributed by atoms with Gasteiger partial charge in [0.05, 0.1) is 24.1 Å². The first-order valence-corrected chi connectivity index (χ1v) is 7.34. The Morgan fingerprint density at radius 2 is 2.05 bits per heavy atom. The normalized spacial score (nSPS) is 23.8. The molecule has 3 nitrogen and oxygen atoms in total. The molecule has 1 aliphatic carbocycles. The van der Waals surface area contributed by atoms with Crippen molar-refractivity contribution in [3.8, 4) is 0 Å². The van der Waals surface area contributed by atoms with Gasteiger partial charge in [0.1, 0.15) is 5.76 Å². The molecule has 3 rings (SSSR count). The van der Waals surface area contributed by atoms with E-state index in [0.717, 1.165) is 29.2 Å². The van der Waals surface area contributed by atoms with Gasteiger partial charge in [-0.25, -0.2) is 0 Å². The third-order valence-corrected chi connectivity index (χ3v) is 3.59. The average Bonchev–Trinajstić information content (AvgIpc) is 2.53. The Morgan fingerprint density at radius 3 is 2.81 bits per heavy atom. The van der Waals surface area contributed by atoms with E-state index in [9.17, 15) is 5.11 Å². The van der Waals surface area contributed by atoms with Crippen molar-refractivity contribution in [3.63, 3.8) is 0 Å². The Bertz CT molecular complexity index is 626. The highest BCUT2D eigenvalue weighted by Gasteiger charge is 2.27. The van der Waals surface area contributed by atoms with Crippen LogP contribution in [0.2, 0.25) is 0 Å². The first-order valence-electron chi connectivity index (χ1n) is 7.34. The molecule has 0 spiro atoms. The van der Waals surface area contributed by atoms with E-state index in [1.165, 1.54) is 0 Å². The molecule has 1 aromatic carbocycles. The van der Waals surface area contributed by atoms with E-state index >= 15 is 0 Å². The smallest absolute Gasteiger partial charge is 0.120 e. The molecule has 2 aliphatic rings. The lowest BCUT2D eigenvalue weighted by molar-refractivity contribution is 0.199. The standard InChI is InChI=1S/C18H19NO2/c1-2-10-21-14-8-9-15-17(11-14)19-16(12-18(15)20)13-6-4-3-5-7-13/h3-9,11-12,15,18,20H,2,10H2,1H3. The van der Waals surface area contributed by atoms with Gasteiger partial charge in [-0.05, 0) is 24.1 Å². The fourth-order valence-corrected chi connectivity index (χ4v) is 2.50. The van der Waals surface area contributed by atoms with Crippen LogP contribution < -0.4 is 0 Å². The van der Waals surface area contributed by atoms with E-state index in [0.29, 0.717) is 6.61 Å². The number of hydrogen-bond acceptors (Lipinski definition) is 3. The fourth-order valence-electron chi connectivity index (χ4n) is 2.50. The molecule has 21 heavy (non-hydrogen) atoms. The van der Waals surface area contributed by atoms with E-state index in [2.05, 4.69) is 6.92 Å². The van der Waals surface area contributed by atoms with Crippen LogP contribution in [0, 0.1) is 5.92 Å². The summed E-state index contributed by atoms with van der Waals surface area (Å²) >= 11 is 0. The fraction of sp³-hybridized carbons (Fsp3) is 0.278. The highest BCUT2D eigenvalue weighted by molar-refractivity contribution is 6.04. The predicted molar refractivity (Wildman–Crippen MR) is 84.8 cm³/mol. The summed E-state index contributed by atoms with van der Waals surface area (Å²) in [4.78, 5) is 4.69. The maximum atomic E-state index is 10.3. The van der Waals surface area contributed by atoms with E-state index in [-0.39, 0.29) is 5.92 Å². The topological polar surface area (TPSA) is 41.8 Å². The van der Waals surface area contributed by atoms with Crippen molar-refractivity contribution in [2.24, 2.45) is 10.9 Å². The maximum absolute atomic E-state index is 10.3. The van der Waals surface area contributed by atoms with Gasteiger partial charge in [0.25, 0.3) is 0 Å². The summed E-state index contributed by atoms with van der Waals surface area (Å²) in [6.45, 7) is 2.77. The number of rotatable bonds is 4. The van der Waals surface area contributed by atoms with Gasteiger partial charge in [-0.2, -0.15) is 0 Å². The summed E-state index contributed by atoms with van der Waals surface area (Å²) in [6, 6.07) is 9.92. The SMILES string of the molecule is CCCOC1=CC2=NC(c3ccccc3)=CC(O)C2C=C1. The Labute approximate surface area is 125 Å². The molecule has 3 heteroatoms. The highest BCUT2D eigenvalue weighted by Crippen LogP contribution is 2.29. The lowest BCUT2D eigenvalue weighted by Crippen LogP contribution is -2.29. The van der Waals surface area contributed by atoms with Crippen LogP contribution in [0.5, 0.6) is 0 Å². The Balaban J connectivity index is 1.89. The van der Waals surface area contributed by atoms with Crippen molar-refractivity contribution in [2.45, 2.75) is 19.4 Å². The molecule has 0 aromatic heterocycles. The lowest BCUT2D eigenvalue weighted by atomic mass is 9.88. The molecule has 1 aromatic rings. The van der Waals surface area contributed by atoms with Gasteiger partial charge in [0.2, 0.25) is 0 Å². The summed E-state index contributed by atoms with van der Waals surface area (Å²) in [6.07, 6.45) is 8.06. The van der Waals surface area contributed by atoms with Crippen molar-refractivity contribution in [3.05, 3.63) is 66.0 Å². The number of allylic oxidation sites excluding steroid dienone is 2. The maximum Gasteiger partial charge on any atom is 0.120 e. The van der Waals surface area contributed by atoms with E-state index in [1.807, 2.05) is 54.6 Å². The molecule has 1 N–H and O–H groups in total. The van der Waals surface area contributed by atoms with Crippen LogP contribution in [-0.4, -0.2) is 23.5 Å². The Morgan fingerprint density at radius 1 is 1.24 bits per heavy atom. The number of hydrogen-bond donors (Lipinski definition) is 1. The molecular formula is C18H19NO2. The van der Waals surface area contributed by atoms with Gasteiger partial charge >= 0.3 is 0 Å². The summed E-state index contributed by atoms with van der Waals surface area (Å²) in [5.41, 5.74) is 2.69. The van der Waals surface area contributed by atoms with Gasteiger partial charge in [-0.15, -0.1) is 0 Å². The molecule has 2 unspecified atom stereocenters. The second kappa shape index (κ2) is 6.10. The largest absolute Gasteiger partial charge is 0.494 e. The van der Waals surface area contributed by atoms with Crippen LogP contribution in [0.15, 0.2) is 65.4 Å². The zero-order chi connectivity index (χ0) is 14.7. The monoisotopic (exact) mass is 281 g/mol. The molecule has 0 saturated carbocycles. The molecule has 2 atom stereocenters. The van der Waals surface area contributed by atoms with Crippen LogP contribution in [0.25, 0.3) is 5.70 Å². The summed E-state index contributed by atoms with van der Waals surface area (Å²) in [5.74, 6) is 0.736. The van der Waals surface area contributed by atoms with Crippen molar-refractivity contribution >= 4 is 11.4 Å². The third-order valence-electron chi connectivity index (χ3n) is 3.59. The van der Waals surface area contributed by atoms with Crippen LogP contribution in [0.1, 0.15) is 18.9 Å². The van der Waals surface area contributed by atoms with Gasteiger partial charge in [-0.1, -0.05) is 43.3 Å². The summed E-state index contributed by atoms with van der Waals surface area (Å²) in [7, 11) is 0. The summed E-state index contributed by atoms with van der Waals surface area (Å²) < 4.78 is 5.65. The molecule has 0 amide bonds. The molecule has 0 fully saturated rings. The molecular weight excluding hydrogens is 262 g/mol. The molecule has 0 saturated heterocycles. The lowest BCUT2D eigenvalue weighted by Gasteiger charge is -2.26. The molecule has 0 bridgehead atoms. The van der Waals surface area contributed by atoms with Gasteiger partial charge < -0.3 is 9.84 Å². The predicted octanol–water partition coefficient (Wildman–Crippen LogP) is 3.34. The van der Waals surface area contributed by atoms with Crippen LogP contribution in [-0.2, 0) is 4.74 Å². The third kappa shape index (κ3) is 2.98. The van der Waals surface area contributed by atoms with E-state index in [4.69, 9.17) is 9.73 Å². The molecule has 1 heterocycles. The number of benzene rings is 1. The minimum atomic E-state index is -0.548. The number of aliphatic hydroxyl groups excluding tert-OH is 1. The minimum absolute atomic E-state index is 0.0774. The van der Waals surface area contributed by atoms with E-state index < -0.39 is 6.10 Å². The van der Waals surface area contributed by atoms with Crippen LogP contribution in [0.3, 0.4) is 0 Å². The Kier molecular flexibility index (Phi) is 4.02. The number of aliphatic hydroxyl groups is 1. The average molecular weight is 281 g/mol. The van der Waals surface area contributed by atoms with Gasteiger partial charge in [0, 0.05) is 12.0 Å². The quantitative estimate of drug-likeness (QED) is 0.919. The number of ether oxygens (including phenoxy) is 1. The van der Waals surface area contributed by atoms with Crippen molar-refractivity contribution in [1.82, 2.24) is 0 Å². The van der Waals surface area contributed by atoms with Gasteiger partial charge in [0.15, 0.2) is 0 Å². The van der Waals surface area contributed by atoms with Crippen molar-refractivity contribution in [1.29, 1.82) is 0 Å². The minimum Gasteiger partial charge on any atom is -0.494 e. The Hall–Kier alpha value is -2.13. The van der Waals surface area contributed by atoms with Crippen molar-refractivity contribution < 1.29 is 9.84 Å². The number of fused-ring (bicyclic) bond motifs is 1. The second-order valence-corrected chi connectivity index (χ2v) is 5.23. The first-order chi connectivity index (χ1) is 10.3.